The first-order valence-corrected chi connectivity index (χ1v) is 10.3. The predicted molar refractivity (Wildman–Crippen MR) is 115 cm³/mol. The third-order valence-electron chi connectivity index (χ3n) is 5.74. The number of anilines is 1. The summed E-state index contributed by atoms with van der Waals surface area (Å²) < 4.78 is 69.1. The van der Waals surface area contributed by atoms with Crippen LogP contribution in [0.15, 0.2) is 60.9 Å². The van der Waals surface area contributed by atoms with Crippen molar-refractivity contribution in [2.75, 3.05) is 11.4 Å². The summed E-state index contributed by atoms with van der Waals surface area (Å²) in [5, 5.41) is 0.361. The SMILES string of the molecule is Fc1ccc(-c2ccc3nc(-c4cccnc4)nc(N4CCCC4C(F)(F)F)c3c2)c(F)c1. The van der Waals surface area contributed by atoms with Crippen LogP contribution in [0.1, 0.15) is 12.8 Å². The summed E-state index contributed by atoms with van der Waals surface area (Å²) in [6, 6.07) is 9.70. The van der Waals surface area contributed by atoms with Gasteiger partial charge in [-0.2, -0.15) is 13.2 Å². The number of nitrogens with zero attached hydrogens (tertiary/aromatic N) is 4. The number of aromatic nitrogens is 3. The van der Waals surface area contributed by atoms with Crippen LogP contribution in [-0.2, 0) is 0 Å². The lowest BCUT2D eigenvalue weighted by Crippen LogP contribution is -2.41. The number of pyridine rings is 1. The van der Waals surface area contributed by atoms with Crippen LogP contribution in [0.5, 0.6) is 0 Å². The van der Waals surface area contributed by atoms with Crippen LogP contribution in [0.2, 0.25) is 0 Å². The van der Waals surface area contributed by atoms with Gasteiger partial charge < -0.3 is 4.90 Å². The van der Waals surface area contributed by atoms with Crippen LogP contribution in [0, 0.1) is 11.6 Å². The lowest BCUT2D eigenvalue weighted by atomic mass is 10.0. The standard InChI is InChI=1S/C24H17F5N4/c25-16-6-7-17(19(26)12-16)14-5-8-20-18(11-14)23(33-10-2-4-21(33)24(27,28)29)32-22(31-20)15-3-1-9-30-13-15/h1,3,5-9,11-13,21H,2,4,10H2. The van der Waals surface area contributed by atoms with Crippen molar-refractivity contribution in [2.45, 2.75) is 25.1 Å². The molecule has 0 amide bonds. The van der Waals surface area contributed by atoms with E-state index in [0.717, 1.165) is 12.1 Å². The molecule has 1 atom stereocenters. The summed E-state index contributed by atoms with van der Waals surface area (Å²) in [5.74, 6) is -1.10. The Kier molecular flexibility index (Phi) is 5.19. The molecule has 0 radical (unpaired) electrons. The molecule has 1 aliphatic rings. The highest BCUT2D eigenvalue weighted by atomic mass is 19.4. The molecule has 168 valence electrons. The number of fused-ring (bicyclic) bond motifs is 1. The monoisotopic (exact) mass is 456 g/mol. The lowest BCUT2D eigenvalue weighted by molar-refractivity contribution is -0.146. The molecule has 1 saturated heterocycles. The van der Waals surface area contributed by atoms with E-state index >= 15 is 0 Å². The number of alkyl halides is 3. The number of rotatable bonds is 3. The van der Waals surface area contributed by atoms with Crippen LogP contribution >= 0.6 is 0 Å². The Balaban J connectivity index is 1.73. The van der Waals surface area contributed by atoms with Gasteiger partial charge in [0.05, 0.1) is 5.52 Å². The average Bonchev–Trinajstić information content (AvgIpc) is 3.29. The normalized spacial score (nSPS) is 16.5. The highest BCUT2D eigenvalue weighted by molar-refractivity contribution is 5.94. The molecule has 1 fully saturated rings. The quantitative estimate of drug-likeness (QED) is 0.346. The van der Waals surface area contributed by atoms with Crippen molar-refractivity contribution in [3.63, 3.8) is 0 Å². The Morgan fingerprint density at radius 3 is 2.52 bits per heavy atom. The summed E-state index contributed by atoms with van der Waals surface area (Å²) in [6.45, 7) is 0.178. The van der Waals surface area contributed by atoms with E-state index < -0.39 is 23.9 Å². The van der Waals surface area contributed by atoms with Gasteiger partial charge in [0.15, 0.2) is 5.82 Å². The second kappa shape index (κ2) is 8.06. The van der Waals surface area contributed by atoms with Gasteiger partial charge in [0.25, 0.3) is 0 Å². The Hall–Kier alpha value is -3.62. The van der Waals surface area contributed by atoms with Gasteiger partial charge in [-0.3, -0.25) is 4.98 Å². The summed E-state index contributed by atoms with van der Waals surface area (Å²) in [7, 11) is 0. The highest BCUT2D eigenvalue weighted by Crippen LogP contribution is 2.39. The van der Waals surface area contributed by atoms with Gasteiger partial charge in [-0.15, -0.1) is 0 Å². The third-order valence-corrected chi connectivity index (χ3v) is 5.74. The maximum Gasteiger partial charge on any atom is 0.408 e. The van der Waals surface area contributed by atoms with Crippen molar-refractivity contribution in [2.24, 2.45) is 0 Å². The minimum atomic E-state index is -4.43. The molecular formula is C24H17F5N4. The zero-order chi connectivity index (χ0) is 23.2. The second-order valence-corrected chi connectivity index (χ2v) is 7.86. The minimum absolute atomic E-state index is 0.0382. The molecule has 5 rings (SSSR count). The van der Waals surface area contributed by atoms with Crippen LogP contribution in [0.4, 0.5) is 27.8 Å². The van der Waals surface area contributed by atoms with E-state index in [1.807, 2.05) is 0 Å². The van der Waals surface area contributed by atoms with Gasteiger partial charge in [0.2, 0.25) is 0 Å². The molecule has 1 aliphatic heterocycles. The maximum atomic E-state index is 14.4. The van der Waals surface area contributed by atoms with Crippen molar-refractivity contribution >= 4 is 16.7 Å². The summed E-state index contributed by atoms with van der Waals surface area (Å²) in [6.07, 6.45) is -0.982. The van der Waals surface area contributed by atoms with Crippen LogP contribution < -0.4 is 4.90 Å². The molecule has 4 aromatic rings. The van der Waals surface area contributed by atoms with Gasteiger partial charge in [-0.25, -0.2) is 18.7 Å². The van der Waals surface area contributed by atoms with Crippen molar-refractivity contribution in [3.05, 3.63) is 72.6 Å². The van der Waals surface area contributed by atoms with E-state index in [9.17, 15) is 22.0 Å². The van der Waals surface area contributed by atoms with E-state index in [1.54, 1.807) is 42.7 Å². The van der Waals surface area contributed by atoms with Crippen LogP contribution in [0.25, 0.3) is 33.4 Å². The molecule has 2 aromatic heterocycles. The van der Waals surface area contributed by atoms with E-state index in [4.69, 9.17) is 0 Å². The van der Waals surface area contributed by atoms with Crippen LogP contribution in [-0.4, -0.2) is 33.7 Å². The summed E-state index contributed by atoms with van der Waals surface area (Å²) in [5.41, 5.74) is 1.51. The predicted octanol–water partition coefficient (Wildman–Crippen LogP) is 6.17. The molecule has 0 bridgehead atoms. The van der Waals surface area contributed by atoms with Crippen molar-refractivity contribution in [1.82, 2.24) is 15.0 Å². The molecule has 33 heavy (non-hydrogen) atoms. The Bertz CT molecular complexity index is 1320. The topological polar surface area (TPSA) is 41.9 Å². The highest BCUT2D eigenvalue weighted by Gasteiger charge is 2.47. The Morgan fingerprint density at radius 2 is 1.79 bits per heavy atom. The zero-order valence-electron chi connectivity index (χ0n) is 17.2. The van der Waals surface area contributed by atoms with Gasteiger partial charge in [0.1, 0.15) is 23.5 Å². The second-order valence-electron chi connectivity index (χ2n) is 7.86. The average molecular weight is 456 g/mol. The summed E-state index contributed by atoms with van der Waals surface area (Å²) >= 11 is 0. The number of hydrogen-bond donors (Lipinski definition) is 0. The molecule has 0 spiro atoms. The molecule has 9 heteroatoms. The molecule has 2 aromatic carbocycles. The lowest BCUT2D eigenvalue weighted by Gasteiger charge is -2.28. The number of hydrogen-bond acceptors (Lipinski definition) is 4. The molecular weight excluding hydrogens is 439 g/mol. The maximum absolute atomic E-state index is 14.4. The smallest absolute Gasteiger partial charge is 0.344 e. The molecule has 0 N–H and O–H groups in total. The number of benzene rings is 2. The Morgan fingerprint density at radius 1 is 0.939 bits per heavy atom. The summed E-state index contributed by atoms with van der Waals surface area (Å²) in [4.78, 5) is 14.3. The molecule has 3 heterocycles. The first-order valence-electron chi connectivity index (χ1n) is 10.3. The van der Waals surface area contributed by atoms with Gasteiger partial charge in [0, 0.05) is 41.5 Å². The molecule has 4 nitrogen and oxygen atoms in total. The first-order chi connectivity index (χ1) is 15.8. The van der Waals surface area contributed by atoms with E-state index in [-0.39, 0.29) is 30.2 Å². The fraction of sp³-hybridized carbons (Fsp3) is 0.208. The zero-order valence-corrected chi connectivity index (χ0v) is 17.2. The fourth-order valence-electron chi connectivity index (χ4n) is 4.21. The van der Waals surface area contributed by atoms with E-state index in [2.05, 4.69) is 15.0 Å². The van der Waals surface area contributed by atoms with E-state index in [1.165, 1.54) is 11.0 Å². The van der Waals surface area contributed by atoms with Gasteiger partial charge >= 0.3 is 6.18 Å². The molecule has 1 unspecified atom stereocenters. The number of halogens is 5. The van der Waals surface area contributed by atoms with Gasteiger partial charge in [-0.1, -0.05) is 6.07 Å². The fourth-order valence-corrected chi connectivity index (χ4v) is 4.21. The van der Waals surface area contributed by atoms with Crippen molar-refractivity contribution in [3.8, 4) is 22.5 Å². The Labute approximate surface area is 185 Å². The first kappa shape index (κ1) is 21.2. The minimum Gasteiger partial charge on any atom is -0.344 e. The third kappa shape index (κ3) is 3.99. The largest absolute Gasteiger partial charge is 0.408 e. The van der Waals surface area contributed by atoms with E-state index in [0.29, 0.717) is 28.5 Å². The van der Waals surface area contributed by atoms with Crippen LogP contribution in [0.3, 0.4) is 0 Å². The van der Waals surface area contributed by atoms with Crippen molar-refractivity contribution in [1.29, 1.82) is 0 Å². The van der Waals surface area contributed by atoms with Gasteiger partial charge in [-0.05, 0) is 54.8 Å². The van der Waals surface area contributed by atoms with Crippen molar-refractivity contribution < 1.29 is 22.0 Å². The molecule has 0 saturated carbocycles. The molecule has 0 aliphatic carbocycles.